The first-order chi connectivity index (χ1) is 14.8. The highest BCUT2D eigenvalue weighted by Gasteiger charge is 2.33. The number of hydrogen-bond acceptors (Lipinski definition) is 5. The highest BCUT2D eigenvalue weighted by atomic mass is 35.5. The SMILES string of the molecule is O=C(Nc1ccc(F)c(Cl)c1)C1CCN(S(=O)(=O)c2ccc3c(c2)OCCCO3)CC1. The van der Waals surface area contributed by atoms with E-state index in [0.29, 0.717) is 43.2 Å². The van der Waals surface area contributed by atoms with Crippen molar-refractivity contribution in [2.24, 2.45) is 5.92 Å². The third kappa shape index (κ3) is 4.78. The molecule has 2 aromatic carbocycles. The summed E-state index contributed by atoms with van der Waals surface area (Å²) in [7, 11) is -3.72. The Morgan fingerprint density at radius 2 is 1.77 bits per heavy atom. The number of carbonyl (C=O) groups is 1. The smallest absolute Gasteiger partial charge is 0.243 e. The summed E-state index contributed by atoms with van der Waals surface area (Å²) >= 11 is 5.75. The fourth-order valence-electron chi connectivity index (χ4n) is 3.63. The van der Waals surface area contributed by atoms with Gasteiger partial charge in [0.25, 0.3) is 0 Å². The molecule has 0 unspecified atom stereocenters. The standard InChI is InChI=1S/C21H22ClFN2O5S/c22-17-12-15(2-4-18(17)23)24-21(26)14-6-8-25(9-7-14)31(27,28)16-3-5-19-20(13-16)30-11-1-10-29-19/h2-5,12-14H,1,6-11H2,(H,24,26). The van der Waals surface area contributed by atoms with Crippen molar-refractivity contribution in [3.63, 3.8) is 0 Å². The Balaban J connectivity index is 1.40. The number of piperidine rings is 1. The van der Waals surface area contributed by atoms with Crippen molar-refractivity contribution in [1.29, 1.82) is 0 Å². The van der Waals surface area contributed by atoms with Crippen LogP contribution in [0.5, 0.6) is 11.5 Å². The van der Waals surface area contributed by atoms with Gasteiger partial charge in [0, 0.05) is 37.2 Å². The van der Waals surface area contributed by atoms with E-state index in [2.05, 4.69) is 5.32 Å². The third-order valence-corrected chi connectivity index (χ3v) is 7.55. The summed E-state index contributed by atoms with van der Waals surface area (Å²) in [6, 6.07) is 8.58. The maximum atomic E-state index is 13.3. The van der Waals surface area contributed by atoms with Crippen LogP contribution in [0.2, 0.25) is 5.02 Å². The topological polar surface area (TPSA) is 84.9 Å². The van der Waals surface area contributed by atoms with Crippen molar-refractivity contribution in [2.45, 2.75) is 24.2 Å². The number of carbonyl (C=O) groups excluding carboxylic acids is 1. The second-order valence-electron chi connectivity index (χ2n) is 7.46. The zero-order chi connectivity index (χ0) is 22.0. The van der Waals surface area contributed by atoms with Gasteiger partial charge in [0.15, 0.2) is 11.5 Å². The largest absolute Gasteiger partial charge is 0.490 e. The molecule has 0 saturated carbocycles. The minimum atomic E-state index is -3.72. The van der Waals surface area contributed by atoms with Crippen LogP contribution in [0.3, 0.4) is 0 Å². The van der Waals surface area contributed by atoms with Gasteiger partial charge in [-0.05, 0) is 43.2 Å². The maximum absolute atomic E-state index is 13.3. The molecule has 7 nitrogen and oxygen atoms in total. The molecule has 1 saturated heterocycles. The van der Waals surface area contributed by atoms with Crippen LogP contribution in [0, 0.1) is 11.7 Å². The number of nitrogens with one attached hydrogen (secondary N) is 1. The van der Waals surface area contributed by atoms with Gasteiger partial charge in [0.2, 0.25) is 15.9 Å². The molecule has 1 amide bonds. The number of hydrogen-bond donors (Lipinski definition) is 1. The first-order valence-corrected chi connectivity index (χ1v) is 11.8. The highest BCUT2D eigenvalue weighted by molar-refractivity contribution is 7.89. The average Bonchev–Trinajstić information content (AvgIpc) is 3.01. The molecule has 1 fully saturated rings. The number of amides is 1. The summed E-state index contributed by atoms with van der Waals surface area (Å²) in [4.78, 5) is 12.7. The van der Waals surface area contributed by atoms with Gasteiger partial charge in [0.1, 0.15) is 5.82 Å². The molecule has 4 rings (SSSR count). The van der Waals surface area contributed by atoms with E-state index in [-0.39, 0.29) is 34.8 Å². The maximum Gasteiger partial charge on any atom is 0.243 e. The van der Waals surface area contributed by atoms with Crippen molar-refractivity contribution in [3.05, 3.63) is 47.2 Å². The van der Waals surface area contributed by atoms with Crippen LogP contribution in [0.25, 0.3) is 0 Å². The molecular weight excluding hydrogens is 447 g/mol. The predicted molar refractivity (Wildman–Crippen MR) is 114 cm³/mol. The number of nitrogens with zero attached hydrogens (tertiary/aromatic N) is 1. The van der Waals surface area contributed by atoms with Crippen LogP contribution < -0.4 is 14.8 Å². The first-order valence-electron chi connectivity index (χ1n) is 10.0. The summed E-state index contributed by atoms with van der Waals surface area (Å²) in [6.45, 7) is 1.44. The number of anilines is 1. The molecule has 0 bridgehead atoms. The van der Waals surface area contributed by atoms with Crippen LogP contribution in [-0.2, 0) is 14.8 Å². The van der Waals surface area contributed by atoms with E-state index in [9.17, 15) is 17.6 Å². The number of benzene rings is 2. The molecule has 10 heteroatoms. The Kier molecular flexibility index (Phi) is 6.36. The quantitative estimate of drug-likeness (QED) is 0.739. The van der Waals surface area contributed by atoms with E-state index in [1.807, 2.05) is 0 Å². The normalized spacial score (nSPS) is 17.7. The van der Waals surface area contributed by atoms with Crippen LogP contribution in [0.15, 0.2) is 41.3 Å². The molecule has 0 radical (unpaired) electrons. The Bertz CT molecular complexity index is 1090. The lowest BCUT2D eigenvalue weighted by molar-refractivity contribution is -0.120. The van der Waals surface area contributed by atoms with Gasteiger partial charge in [-0.2, -0.15) is 4.31 Å². The summed E-state index contributed by atoms with van der Waals surface area (Å²) in [5.41, 5.74) is 0.402. The Labute approximate surface area is 185 Å². The van der Waals surface area contributed by atoms with Gasteiger partial charge < -0.3 is 14.8 Å². The molecule has 0 aliphatic carbocycles. The molecule has 0 aromatic heterocycles. The number of rotatable bonds is 4. The number of fused-ring (bicyclic) bond motifs is 1. The number of ether oxygens (including phenoxy) is 2. The molecule has 2 aliphatic heterocycles. The molecule has 2 aromatic rings. The van der Waals surface area contributed by atoms with E-state index >= 15 is 0 Å². The minimum Gasteiger partial charge on any atom is -0.490 e. The lowest BCUT2D eigenvalue weighted by Gasteiger charge is -2.30. The molecule has 31 heavy (non-hydrogen) atoms. The van der Waals surface area contributed by atoms with Gasteiger partial charge in [-0.1, -0.05) is 11.6 Å². The van der Waals surface area contributed by atoms with E-state index < -0.39 is 15.8 Å². The van der Waals surface area contributed by atoms with Crippen molar-refractivity contribution in [3.8, 4) is 11.5 Å². The average molecular weight is 469 g/mol. The van der Waals surface area contributed by atoms with Gasteiger partial charge in [-0.3, -0.25) is 4.79 Å². The van der Waals surface area contributed by atoms with E-state index in [4.69, 9.17) is 21.1 Å². The minimum absolute atomic E-state index is 0.0751. The monoisotopic (exact) mass is 468 g/mol. The Morgan fingerprint density at radius 1 is 1.06 bits per heavy atom. The second kappa shape index (κ2) is 9.02. The van der Waals surface area contributed by atoms with Gasteiger partial charge in [-0.25, -0.2) is 12.8 Å². The van der Waals surface area contributed by atoms with Crippen LogP contribution in [-0.4, -0.2) is 44.9 Å². The fraction of sp³-hybridized carbons (Fsp3) is 0.381. The zero-order valence-electron chi connectivity index (χ0n) is 16.6. The molecular formula is C21H22ClFN2O5S. The Hall–Kier alpha value is -2.36. The first kappa shape index (κ1) is 21.9. The summed E-state index contributed by atoms with van der Waals surface area (Å²) in [5.74, 6) is -0.194. The summed E-state index contributed by atoms with van der Waals surface area (Å²) in [5, 5.41) is 2.64. The lowest BCUT2D eigenvalue weighted by Crippen LogP contribution is -2.41. The zero-order valence-corrected chi connectivity index (χ0v) is 18.2. The second-order valence-corrected chi connectivity index (χ2v) is 9.80. The van der Waals surface area contributed by atoms with Crippen molar-refractivity contribution in [1.82, 2.24) is 4.31 Å². The van der Waals surface area contributed by atoms with Gasteiger partial charge >= 0.3 is 0 Å². The summed E-state index contributed by atoms with van der Waals surface area (Å²) < 4.78 is 52.0. The third-order valence-electron chi connectivity index (χ3n) is 5.37. The highest BCUT2D eigenvalue weighted by Crippen LogP contribution is 2.34. The van der Waals surface area contributed by atoms with E-state index in [0.717, 1.165) is 6.42 Å². The molecule has 0 atom stereocenters. The van der Waals surface area contributed by atoms with Gasteiger partial charge in [0.05, 0.1) is 23.1 Å². The van der Waals surface area contributed by atoms with Crippen molar-refractivity contribution < 1.29 is 27.1 Å². The van der Waals surface area contributed by atoms with Gasteiger partial charge in [-0.15, -0.1) is 0 Å². The predicted octanol–water partition coefficient (Wildman–Crippen LogP) is 3.68. The Morgan fingerprint density at radius 3 is 2.48 bits per heavy atom. The fourth-order valence-corrected chi connectivity index (χ4v) is 5.30. The molecule has 2 heterocycles. The lowest BCUT2D eigenvalue weighted by atomic mass is 9.97. The number of halogens is 2. The number of sulfonamides is 1. The van der Waals surface area contributed by atoms with Crippen molar-refractivity contribution >= 4 is 33.2 Å². The molecule has 166 valence electrons. The van der Waals surface area contributed by atoms with Crippen LogP contribution in [0.1, 0.15) is 19.3 Å². The van der Waals surface area contributed by atoms with Crippen LogP contribution in [0.4, 0.5) is 10.1 Å². The molecule has 2 aliphatic rings. The molecule has 1 N–H and O–H groups in total. The van der Waals surface area contributed by atoms with E-state index in [1.54, 1.807) is 6.07 Å². The van der Waals surface area contributed by atoms with Crippen LogP contribution >= 0.6 is 11.6 Å². The van der Waals surface area contributed by atoms with E-state index in [1.165, 1.54) is 34.6 Å². The molecule has 0 spiro atoms. The summed E-state index contributed by atoms with van der Waals surface area (Å²) in [6.07, 6.45) is 1.49. The van der Waals surface area contributed by atoms with Crippen molar-refractivity contribution in [2.75, 3.05) is 31.6 Å².